The molecule has 0 saturated carbocycles. The van der Waals surface area contributed by atoms with Gasteiger partial charge in [0.15, 0.2) is 0 Å². The molecule has 0 aromatic heterocycles. The third-order valence-corrected chi connectivity index (χ3v) is 3.93. The van der Waals surface area contributed by atoms with E-state index in [1.54, 1.807) is 0 Å². The van der Waals surface area contributed by atoms with Crippen LogP contribution in [0.4, 0.5) is 0 Å². The Morgan fingerprint density at radius 2 is 2.08 bits per heavy atom. The maximum Gasteiger partial charge on any atom is 0.00674 e. The van der Waals surface area contributed by atoms with Crippen molar-refractivity contribution in [2.24, 2.45) is 5.92 Å². The van der Waals surface area contributed by atoms with Crippen LogP contribution in [0.3, 0.4) is 0 Å². The molecular formula is C9H20BrNS. The van der Waals surface area contributed by atoms with Crippen LogP contribution in [0.2, 0.25) is 0 Å². The number of thioether (sulfide) groups is 1. The number of nitrogens with zero attached hydrogens (tertiary/aromatic N) is 1. The Balaban J connectivity index is 3.17. The summed E-state index contributed by atoms with van der Waals surface area (Å²) in [5, 5.41) is 1.15. The van der Waals surface area contributed by atoms with E-state index in [1.807, 2.05) is 0 Å². The first-order chi connectivity index (χ1) is 5.70. The number of halogens is 1. The van der Waals surface area contributed by atoms with Crippen molar-refractivity contribution in [2.75, 3.05) is 37.5 Å². The predicted molar refractivity (Wildman–Crippen MR) is 63.5 cm³/mol. The fourth-order valence-corrected chi connectivity index (χ4v) is 3.11. The second-order valence-corrected chi connectivity index (χ2v) is 5.10. The van der Waals surface area contributed by atoms with Gasteiger partial charge in [-0.15, -0.1) is 0 Å². The Kier molecular flexibility index (Phi) is 8.94. The van der Waals surface area contributed by atoms with Crippen LogP contribution in [0.25, 0.3) is 0 Å². The van der Waals surface area contributed by atoms with Crippen molar-refractivity contribution in [3.05, 3.63) is 0 Å². The average Bonchev–Trinajstić information content (AvgIpc) is 2.04. The van der Waals surface area contributed by atoms with Crippen LogP contribution >= 0.6 is 27.7 Å². The first-order valence-electron chi connectivity index (χ1n) is 4.49. The van der Waals surface area contributed by atoms with Gasteiger partial charge in [-0.1, -0.05) is 29.3 Å². The largest absolute Gasteiger partial charge is 0.309 e. The minimum atomic E-state index is 0.858. The molecule has 0 aliphatic carbocycles. The summed E-state index contributed by atoms with van der Waals surface area (Å²) in [5.41, 5.74) is 0. The maximum atomic E-state index is 3.53. The van der Waals surface area contributed by atoms with Crippen molar-refractivity contribution < 1.29 is 0 Å². The summed E-state index contributed by atoms with van der Waals surface area (Å²) in [6.45, 7) is 3.46. The molecule has 1 unspecified atom stereocenters. The highest BCUT2D eigenvalue weighted by molar-refractivity contribution is 9.09. The van der Waals surface area contributed by atoms with Crippen LogP contribution in [0.1, 0.15) is 13.3 Å². The van der Waals surface area contributed by atoms with Gasteiger partial charge in [0.2, 0.25) is 0 Å². The number of alkyl halides is 1. The third kappa shape index (κ3) is 7.44. The number of rotatable bonds is 7. The van der Waals surface area contributed by atoms with Gasteiger partial charge in [0.1, 0.15) is 0 Å². The van der Waals surface area contributed by atoms with Crippen LogP contribution in [0.15, 0.2) is 0 Å². The lowest BCUT2D eigenvalue weighted by molar-refractivity contribution is 0.437. The summed E-state index contributed by atoms with van der Waals surface area (Å²) >= 11 is 5.60. The molecule has 0 aliphatic heterocycles. The van der Waals surface area contributed by atoms with Gasteiger partial charge in [-0.05, 0) is 25.8 Å². The zero-order valence-corrected chi connectivity index (χ0v) is 10.7. The summed E-state index contributed by atoms with van der Waals surface area (Å²) in [4.78, 5) is 2.24. The standard InChI is InChI=1S/C9H20BrNS/c1-4-9(7-10)8-12-6-5-11(2)3/h9H,4-8H2,1-3H3. The quantitative estimate of drug-likeness (QED) is 0.507. The molecule has 12 heavy (non-hydrogen) atoms. The molecule has 0 rings (SSSR count). The second kappa shape index (κ2) is 8.39. The van der Waals surface area contributed by atoms with E-state index >= 15 is 0 Å². The van der Waals surface area contributed by atoms with Crippen molar-refractivity contribution in [3.63, 3.8) is 0 Å². The molecule has 0 aromatic rings. The highest BCUT2D eigenvalue weighted by Crippen LogP contribution is 2.14. The maximum absolute atomic E-state index is 3.53. The smallest absolute Gasteiger partial charge is 0.00674 e. The van der Waals surface area contributed by atoms with Crippen molar-refractivity contribution in [1.82, 2.24) is 4.90 Å². The first kappa shape index (κ1) is 12.8. The second-order valence-electron chi connectivity index (χ2n) is 3.31. The predicted octanol–water partition coefficient (Wildman–Crippen LogP) is 2.70. The highest BCUT2D eigenvalue weighted by Gasteiger charge is 2.03. The summed E-state index contributed by atoms with van der Waals surface area (Å²) in [6, 6.07) is 0. The van der Waals surface area contributed by atoms with E-state index in [2.05, 4.69) is 53.6 Å². The van der Waals surface area contributed by atoms with Crippen molar-refractivity contribution >= 4 is 27.7 Å². The fraction of sp³-hybridized carbons (Fsp3) is 1.00. The molecule has 0 saturated heterocycles. The zero-order chi connectivity index (χ0) is 9.40. The van der Waals surface area contributed by atoms with Crippen LogP contribution in [0, 0.1) is 5.92 Å². The summed E-state index contributed by atoms with van der Waals surface area (Å²) in [7, 11) is 4.25. The summed E-state index contributed by atoms with van der Waals surface area (Å²) < 4.78 is 0. The van der Waals surface area contributed by atoms with Gasteiger partial charge in [0.25, 0.3) is 0 Å². The van der Waals surface area contributed by atoms with Crippen molar-refractivity contribution in [3.8, 4) is 0 Å². The van der Waals surface area contributed by atoms with Crippen molar-refractivity contribution in [1.29, 1.82) is 0 Å². The van der Waals surface area contributed by atoms with Gasteiger partial charge in [-0.2, -0.15) is 11.8 Å². The molecule has 0 spiro atoms. The van der Waals surface area contributed by atoms with Crippen molar-refractivity contribution in [2.45, 2.75) is 13.3 Å². The molecule has 74 valence electrons. The van der Waals surface area contributed by atoms with E-state index in [4.69, 9.17) is 0 Å². The molecule has 0 bridgehead atoms. The molecule has 0 fully saturated rings. The van der Waals surface area contributed by atoms with Gasteiger partial charge in [0.05, 0.1) is 0 Å². The van der Waals surface area contributed by atoms with E-state index in [9.17, 15) is 0 Å². The van der Waals surface area contributed by atoms with Crippen LogP contribution in [-0.2, 0) is 0 Å². The van der Waals surface area contributed by atoms with Gasteiger partial charge in [-0.25, -0.2) is 0 Å². The summed E-state index contributed by atoms with van der Waals surface area (Å²) in [6.07, 6.45) is 1.29. The van der Waals surface area contributed by atoms with E-state index < -0.39 is 0 Å². The van der Waals surface area contributed by atoms with E-state index in [0.717, 1.165) is 11.2 Å². The van der Waals surface area contributed by atoms with Gasteiger partial charge in [-0.3, -0.25) is 0 Å². The normalized spacial score (nSPS) is 13.8. The Morgan fingerprint density at radius 1 is 1.42 bits per heavy atom. The lowest BCUT2D eigenvalue weighted by Gasteiger charge is -2.12. The van der Waals surface area contributed by atoms with E-state index in [-0.39, 0.29) is 0 Å². The van der Waals surface area contributed by atoms with E-state index in [1.165, 1.54) is 24.5 Å². The third-order valence-electron chi connectivity index (χ3n) is 1.83. The molecule has 0 aliphatic rings. The number of hydrogen-bond acceptors (Lipinski definition) is 2. The van der Waals surface area contributed by atoms with Crippen LogP contribution in [0.5, 0.6) is 0 Å². The Bertz CT molecular complexity index is 94.5. The zero-order valence-electron chi connectivity index (χ0n) is 8.35. The topological polar surface area (TPSA) is 3.24 Å². The lowest BCUT2D eigenvalue weighted by atomic mass is 10.2. The van der Waals surface area contributed by atoms with Gasteiger partial charge in [0, 0.05) is 17.6 Å². The van der Waals surface area contributed by atoms with Crippen LogP contribution < -0.4 is 0 Å². The molecule has 1 nitrogen and oxygen atoms in total. The van der Waals surface area contributed by atoms with Gasteiger partial charge < -0.3 is 4.90 Å². The first-order valence-corrected chi connectivity index (χ1v) is 6.76. The van der Waals surface area contributed by atoms with E-state index in [0.29, 0.717) is 0 Å². The molecule has 3 heteroatoms. The minimum absolute atomic E-state index is 0.858. The molecule has 0 N–H and O–H groups in total. The molecular weight excluding hydrogens is 234 g/mol. The fourth-order valence-electron chi connectivity index (χ4n) is 0.769. The Labute approximate surface area is 89.4 Å². The lowest BCUT2D eigenvalue weighted by Crippen LogP contribution is -2.16. The molecule has 0 aromatic carbocycles. The van der Waals surface area contributed by atoms with Gasteiger partial charge >= 0.3 is 0 Å². The molecule has 0 radical (unpaired) electrons. The highest BCUT2D eigenvalue weighted by atomic mass is 79.9. The minimum Gasteiger partial charge on any atom is -0.309 e. The average molecular weight is 254 g/mol. The molecule has 0 heterocycles. The molecule has 0 amide bonds. The monoisotopic (exact) mass is 253 g/mol. The number of hydrogen-bond donors (Lipinski definition) is 0. The Hall–Kier alpha value is 0.790. The molecule has 1 atom stereocenters. The van der Waals surface area contributed by atoms with Crippen LogP contribution in [-0.4, -0.2) is 42.4 Å². The Morgan fingerprint density at radius 3 is 2.50 bits per heavy atom. The SMILES string of the molecule is CCC(CBr)CSCCN(C)C. The summed E-state index contributed by atoms with van der Waals surface area (Å²) in [5.74, 6) is 3.42.